The minimum atomic E-state index is -3.20. The molecule has 0 bridgehead atoms. The highest BCUT2D eigenvalue weighted by Crippen LogP contribution is 2.32. The summed E-state index contributed by atoms with van der Waals surface area (Å²) in [5.41, 5.74) is 0.779. The van der Waals surface area contributed by atoms with Gasteiger partial charge in [0.2, 0.25) is 0 Å². The average Bonchev–Trinajstić information content (AvgIpc) is 2.57. The summed E-state index contributed by atoms with van der Waals surface area (Å²) >= 11 is 0. The Hall–Kier alpha value is -0.920. The minimum absolute atomic E-state index is 0.0468. The van der Waals surface area contributed by atoms with E-state index < -0.39 is 19.7 Å². The van der Waals surface area contributed by atoms with Crippen LogP contribution in [0.4, 0.5) is 0 Å². The van der Waals surface area contributed by atoms with Gasteiger partial charge in [-0.2, -0.15) is 0 Å². The lowest BCUT2D eigenvalue weighted by Crippen LogP contribution is -2.25. The normalized spacial score (nSPS) is 21.2. The summed E-state index contributed by atoms with van der Waals surface area (Å²) in [6.07, 6.45) is 1.68. The quantitative estimate of drug-likeness (QED) is 0.803. The van der Waals surface area contributed by atoms with Crippen molar-refractivity contribution in [2.24, 2.45) is 0 Å². The number of rotatable bonds is 5. The summed E-state index contributed by atoms with van der Waals surface area (Å²) in [6, 6.07) is 6.70. The standard InChI is InChI=1S/C12H17NO4S2/c1-18(14,15)8-4-7-13-11-9-19(16,17)12-6-3-2-5-10(11)12/h2-3,5-6,11,13H,4,7-9H2,1H3. The molecule has 0 saturated carbocycles. The van der Waals surface area contributed by atoms with Gasteiger partial charge in [-0.05, 0) is 24.6 Å². The lowest BCUT2D eigenvalue weighted by Gasteiger charge is -2.12. The Morgan fingerprint density at radius 2 is 2.00 bits per heavy atom. The molecule has 0 amide bonds. The molecule has 0 saturated heterocycles. The van der Waals surface area contributed by atoms with Crippen molar-refractivity contribution in [3.05, 3.63) is 29.8 Å². The molecule has 0 spiro atoms. The zero-order valence-corrected chi connectivity index (χ0v) is 12.3. The number of hydrogen-bond acceptors (Lipinski definition) is 5. The van der Waals surface area contributed by atoms with Crippen LogP contribution in [0, 0.1) is 0 Å². The first-order chi connectivity index (χ1) is 8.80. The van der Waals surface area contributed by atoms with Crippen molar-refractivity contribution in [1.29, 1.82) is 0 Å². The topological polar surface area (TPSA) is 80.3 Å². The Kier molecular flexibility index (Phi) is 3.98. The van der Waals surface area contributed by atoms with E-state index >= 15 is 0 Å². The van der Waals surface area contributed by atoms with Crippen LogP contribution in [0.15, 0.2) is 29.2 Å². The summed E-state index contributed by atoms with van der Waals surface area (Å²) in [5, 5.41) is 3.12. The van der Waals surface area contributed by atoms with Gasteiger partial charge in [-0.15, -0.1) is 0 Å². The maximum Gasteiger partial charge on any atom is 0.180 e. The molecule has 5 nitrogen and oxygen atoms in total. The van der Waals surface area contributed by atoms with Gasteiger partial charge in [0, 0.05) is 12.3 Å². The smallest absolute Gasteiger partial charge is 0.180 e. The SMILES string of the molecule is CS(=O)(=O)CCCNC1CS(=O)(=O)c2ccccc21. The van der Waals surface area contributed by atoms with Crippen LogP contribution in [-0.4, -0.2) is 41.1 Å². The molecule has 1 aliphatic rings. The van der Waals surface area contributed by atoms with Gasteiger partial charge in [0.1, 0.15) is 9.84 Å². The summed E-state index contributed by atoms with van der Waals surface area (Å²) in [5.74, 6) is 0.159. The Balaban J connectivity index is 2.01. The van der Waals surface area contributed by atoms with Crippen molar-refractivity contribution < 1.29 is 16.8 Å². The fourth-order valence-corrected chi connectivity index (χ4v) is 4.67. The Morgan fingerprint density at radius 1 is 1.32 bits per heavy atom. The molecule has 1 unspecified atom stereocenters. The fourth-order valence-electron chi connectivity index (χ4n) is 2.23. The van der Waals surface area contributed by atoms with Crippen LogP contribution in [0.1, 0.15) is 18.0 Å². The molecule has 106 valence electrons. The van der Waals surface area contributed by atoms with Gasteiger partial charge in [-0.25, -0.2) is 16.8 Å². The highest BCUT2D eigenvalue weighted by molar-refractivity contribution is 7.91. The van der Waals surface area contributed by atoms with Gasteiger partial charge >= 0.3 is 0 Å². The third-order valence-corrected chi connectivity index (χ3v) is 5.94. The number of sulfone groups is 2. The van der Waals surface area contributed by atoms with Gasteiger partial charge in [-0.3, -0.25) is 0 Å². The van der Waals surface area contributed by atoms with E-state index in [1.807, 2.05) is 6.07 Å². The van der Waals surface area contributed by atoms with Crippen molar-refractivity contribution in [1.82, 2.24) is 5.32 Å². The molecule has 0 fully saturated rings. The number of nitrogens with one attached hydrogen (secondary N) is 1. The average molecular weight is 303 g/mol. The van der Waals surface area contributed by atoms with Gasteiger partial charge in [0.05, 0.1) is 16.4 Å². The molecule has 1 aromatic carbocycles. The molecule has 0 radical (unpaired) electrons. The van der Waals surface area contributed by atoms with Crippen LogP contribution in [0.3, 0.4) is 0 Å². The van der Waals surface area contributed by atoms with E-state index in [1.54, 1.807) is 18.2 Å². The largest absolute Gasteiger partial charge is 0.309 e. The van der Waals surface area contributed by atoms with Crippen LogP contribution in [-0.2, 0) is 19.7 Å². The van der Waals surface area contributed by atoms with Crippen LogP contribution in [0.5, 0.6) is 0 Å². The summed E-state index contributed by atoms with van der Waals surface area (Å²) in [7, 11) is -6.16. The van der Waals surface area contributed by atoms with Gasteiger partial charge < -0.3 is 5.32 Å². The van der Waals surface area contributed by atoms with Crippen molar-refractivity contribution in [3.8, 4) is 0 Å². The molecule has 2 rings (SSSR count). The summed E-state index contributed by atoms with van der Waals surface area (Å²) in [6.45, 7) is 0.488. The van der Waals surface area contributed by atoms with Crippen LogP contribution in [0.25, 0.3) is 0 Å². The van der Waals surface area contributed by atoms with Crippen LogP contribution >= 0.6 is 0 Å². The van der Waals surface area contributed by atoms with Crippen LogP contribution in [0.2, 0.25) is 0 Å². The zero-order valence-electron chi connectivity index (χ0n) is 10.7. The van der Waals surface area contributed by atoms with E-state index in [0.29, 0.717) is 17.9 Å². The number of hydrogen-bond donors (Lipinski definition) is 1. The molecule has 7 heteroatoms. The minimum Gasteiger partial charge on any atom is -0.309 e. The van der Waals surface area contributed by atoms with E-state index in [-0.39, 0.29) is 17.5 Å². The van der Waals surface area contributed by atoms with Crippen molar-refractivity contribution in [3.63, 3.8) is 0 Å². The van der Waals surface area contributed by atoms with Gasteiger partial charge in [0.15, 0.2) is 9.84 Å². The lowest BCUT2D eigenvalue weighted by atomic mass is 10.1. The predicted molar refractivity (Wildman–Crippen MR) is 73.6 cm³/mol. The maximum absolute atomic E-state index is 11.9. The van der Waals surface area contributed by atoms with Crippen molar-refractivity contribution in [2.75, 3.05) is 24.3 Å². The van der Waals surface area contributed by atoms with Gasteiger partial charge in [-0.1, -0.05) is 18.2 Å². The predicted octanol–water partition coefficient (Wildman–Crippen LogP) is 0.539. The molecule has 1 aromatic rings. The lowest BCUT2D eigenvalue weighted by molar-refractivity contribution is 0.558. The molecule has 1 N–H and O–H groups in total. The van der Waals surface area contributed by atoms with E-state index in [1.165, 1.54) is 6.26 Å². The molecular formula is C12H17NO4S2. The van der Waals surface area contributed by atoms with Gasteiger partial charge in [0.25, 0.3) is 0 Å². The van der Waals surface area contributed by atoms with E-state index in [4.69, 9.17) is 0 Å². The monoisotopic (exact) mass is 303 g/mol. The summed E-state index contributed by atoms with van der Waals surface area (Å²) < 4.78 is 45.8. The molecule has 1 atom stereocenters. The first kappa shape index (κ1) is 14.5. The molecule has 19 heavy (non-hydrogen) atoms. The number of benzene rings is 1. The Morgan fingerprint density at radius 3 is 2.68 bits per heavy atom. The van der Waals surface area contributed by atoms with E-state index in [9.17, 15) is 16.8 Å². The molecule has 0 aliphatic carbocycles. The van der Waals surface area contributed by atoms with E-state index in [2.05, 4.69) is 5.32 Å². The molecule has 1 heterocycles. The second kappa shape index (κ2) is 5.22. The molecular weight excluding hydrogens is 286 g/mol. The third-order valence-electron chi connectivity index (χ3n) is 3.10. The zero-order chi connectivity index (χ0) is 14.1. The van der Waals surface area contributed by atoms with Crippen molar-refractivity contribution >= 4 is 19.7 Å². The third kappa shape index (κ3) is 3.55. The highest BCUT2D eigenvalue weighted by atomic mass is 32.2. The number of fused-ring (bicyclic) bond motifs is 1. The second-order valence-corrected chi connectivity index (χ2v) is 9.07. The second-order valence-electron chi connectivity index (χ2n) is 4.81. The molecule has 0 aromatic heterocycles. The van der Waals surface area contributed by atoms with Crippen LogP contribution < -0.4 is 5.32 Å². The summed E-state index contributed by atoms with van der Waals surface area (Å²) in [4.78, 5) is 0.385. The highest BCUT2D eigenvalue weighted by Gasteiger charge is 2.33. The molecule has 1 aliphatic heterocycles. The first-order valence-corrected chi connectivity index (χ1v) is 9.74. The van der Waals surface area contributed by atoms with E-state index in [0.717, 1.165) is 5.56 Å². The van der Waals surface area contributed by atoms with Crippen molar-refractivity contribution in [2.45, 2.75) is 17.4 Å². The Bertz CT molecular complexity index is 665. The maximum atomic E-state index is 11.9. The Labute approximate surface area is 113 Å². The first-order valence-electron chi connectivity index (χ1n) is 6.02. The fraction of sp³-hybridized carbons (Fsp3) is 0.500.